The largest absolute Gasteiger partial charge is 0.335 e. The van der Waals surface area contributed by atoms with E-state index in [0.717, 1.165) is 11.4 Å². The Hall–Kier alpha value is -6.52. The van der Waals surface area contributed by atoms with Crippen LogP contribution in [0.2, 0.25) is 0 Å². The Bertz CT molecular complexity index is 3280. The molecule has 2 atom stereocenters. The molecule has 0 bridgehead atoms. The number of nitrogens with zero attached hydrogens (tertiary/aromatic N) is 3. The highest BCUT2D eigenvalue weighted by molar-refractivity contribution is 7.00. The second kappa shape index (κ2) is 14.5. The smallest absolute Gasteiger partial charge is 0.252 e. The average molecular weight is 858 g/mol. The van der Waals surface area contributed by atoms with Crippen molar-refractivity contribution in [1.29, 1.82) is 0 Å². The van der Waals surface area contributed by atoms with Crippen molar-refractivity contribution in [3.63, 3.8) is 0 Å². The van der Waals surface area contributed by atoms with Crippen molar-refractivity contribution in [3.8, 4) is 11.1 Å². The fraction of sp³-hybridized carbons (Fsp3) is 0.258. The summed E-state index contributed by atoms with van der Waals surface area (Å²) < 4.78 is 0. The van der Waals surface area contributed by atoms with Crippen LogP contribution in [0.5, 0.6) is 0 Å². The summed E-state index contributed by atoms with van der Waals surface area (Å²) in [6.07, 6.45) is 4.94. The van der Waals surface area contributed by atoms with Crippen molar-refractivity contribution in [1.82, 2.24) is 0 Å². The number of benzene rings is 8. The molecule has 8 aromatic rings. The normalized spacial score (nSPS) is 19.1. The molecule has 0 spiro atoms. The van der Waals surface area contributed by atoms with Crippen LogP contribution in [0.15, 0.2) is 152 Å². The predicted molar refractivity (Wildman–Crippen MR) is 284 cm³/mol. The Balaban J connectivity index is 1.14. The minimum Gasteiger partial charge on any atom is -0.335 e. The zero-order valence-electron chi connectivity index (χ0n) is 40.2. The molecule has 0 saturated heterocycles. The second-order valence-electron chi connectivity index (χ2n) is 21.6. The molecule has 8 aromatic carbocycles. The van der Waals surface area contributed by atoms with E-state index in [2.05, 4.69) is 229 Å². The molecule has 3 aliphatic heterocycles. The summed E-state index contributed by atoms with van der Waals surface area (Å²) in [6, 6.07) is 58.1. The van der Waals surface area contributed by atoms with E-state index in [1.807, 2.05) is 0 Å². The van der Waals surface area contributed by atoms with Crippen LogP contribution in [0.1, 0.15) is 93.7 Å². The van der Waals surface area contributed by atoms with Gasteiger partial charge in [-0.25, -0.2) is 0 Å². The highest BCUT2D eigenvalue weighted by Crippen LogP contribution is 2.62. The van der Waals surface area contributed by atoms with Gasteiger partial charge in [0.2, 0.25) is 0 Å². The minimum atomic E-state index is -0.0298. The van der Waals surface area contributed by atoms with Gasteiger partial charge in [-0.1, -0.05) is 149 Å². The molecular weight excluding hydrogens is 798 g/mol. The van der Waals surface area contributed by atoms with E-state index < -0.39 is 0 Å². The summed E-state index contributed by atoms with van der Waals surface area (Å²) in [5.41, 5.74) is 24.9. The molecule has 326 valence electrons. The summed E-state index contributed by atoms with van der Waals surface area (Å²) in [6.45, 7) is 21.6. The van der Waals surface area contributed by atoms with Crippen molar-refractivity contribution in [2.75, 3.05) is 14.7 Å². The third kappa shape index (κ3) is 5.82. The summed E-state index contributed by atoms with van der Waals surface area (Å²) in [5.74, 6) is 0. The SMILES string of the molecule is Cc1cc(C)c(N(c2cccc(-c3cccc4ccccc34)c2)c2ccc3c(c2)N(c2ccccc2)c2cc(C)cc4c2B3c2cc(C(C)(C)C)cc3c2N4C2(C)CCCCC32C)c(C)c1. The molecule has 4 aliphatic rings. The molecular formula is C62H60BN3. The predicted octanol–water partition coefficient (Wildman–Crippen LogP) is 14.9. The number of anilines is 8. The maximum Gasteiger partial charge on any atom is 0.252 e. The van der Waals surface area contributed by atoms with E-state index >= 15 is 0 Å². The Labute approximate surface area is 392 Å². The standard InChI is InChI=1S/C62H60BN3/c1-39-31-41(3)58(42(4)32-39)64(47-24-17-21-44(35-47)50-26-18-20-43-19-13-14-25-49(43)50)48-27-28-52-54(38-48)65(46-22-11-10-12-23-46)55-33-40(2)34-56-57(55)63(52)53-37-45(60(5,6)7)36-51-59(53)66(56)62(9)30-16-15-29-61(51,62)8/h10-14,17-28,31-38H,15-16,29-30H2,1-9H3. The first-order chi connectivity index (χ1) is 31.7. The van der Waals surface area contributed by atoms with Gasteiger partial charge in [0.15, 0.2) is 0 Å². The van der Waals surface area contributed by atoms with Gasteiger partial charge in [0.05, 0.1) is 11.2 Å². The van der Waals surface area contributed by atoms with Gasteiger partial charge in [-0.3, -0.25) is 0 Å². The Morgan fingerprint density at radius 3 is 2.06 bits per heavy atom. The molecule has 12 rings (SSSR count). The number of rotatable bonds is 5. The van der Waals surface area contributed by atoms with E-state index in [0.29, 0.717) is 0 Å². The molecule has 0 aromatic heterocycles. The van der Waals surface area contributed by atoms with Crippen molar-refractivity contribution in [2.45, 2.75) is 104 Å². The summed E-state index contributed by atoms with van der Waals surface area (Å²) in [7, 11) is 0. The lowest BCUT2D eigenvalue weighted by atomic mass is 9.33. The van der Waals surface area contributed by atoms with E-state index in [9.17, 15) is 0 Å². The second-order valence-corrected chi connectivity index (χ2v) is 21.6. The van der Waals surface area contributed by atoms with Crippen LogP contribution in [-0.4, -0.2) is 12.3 Å². The minimum absolute atomic E-state index is 0.000969. The van der Waals surface area contributed by atoms with Gasteiger partial charge < -0.3 is 14.7 Å². The van der Waals surface area contributed by atoms with Crippen LogP contribution in [-0.2, 0) is 10.8 Å². The molecule has 4 heteroatoms. The first-order valence-corrected chi connectivity index (χ1v) is 24.3. The van der Waals surface area contributed by atoms with E-state index in [1.165, 1.54) is 126 Å². The van der Waals surface area contributed by atoms with Crippen LogP contribution in [0.25, 0.3) is 21.9 Å². The molecule has 0 amide bonds. The molecule has 0 N–H and O–H groups in total. The number of para-hydroxylation sites is 1. The number of aryl methyl sites for hydroxylation is 4. The Kier molecular flexibility index (Phi) is 8.99. The van der Waals surface area contributed by atoms with Gasteiger partial charge in [0, 0.05) is 45.2 Å². The van der Waals surface area contributed by atoms with E-state index in [1.54, 1.807) is 5.56 Å². The lowest BCUT2D eigenvalue weighted by Gasteiger charge is -2.53. The molecule has 3 heterocycles. The Morgan fingerprint density at radius 2 is 1.27 bits per heavy atom. The van der Waals surface area contributed by atoms with Crippen LogP contribution in [0.3, 0.4) is 0 Å². The van der Waals surface area contributed by atoms with Crippen molar-refractivity contribution in [2.24, 2.45) is 0 Å². The molecule has 1 fully saturated rings. The van der Waals surface area contributed by atoms with Crippen LogP contribution < -0.4 is 31.1 Å². The van der Waals surface area contributed by atoms with Crippen molar-refractivity contribution in [3.05, 3.63) is 185 Å². The van der Waals surface area contributed by atoms with Gasteiger partial charge in [-0.05, 0) is 168 Å². The van der Waals surface area contributed by atoms with Crippen LogP contribution in [0, 0.1) is 27.7 Å². The quantitative estimate of drug-likeness (QED) is 0.160. The molecule has 1 aliphatic carbocycles. The number of hydrogen-bond donors (Lipinski definition) is 0. The van der Waals surface area contributed by atoms with Crippen molar-refractivity contribution >= 4 is 79.4 Å². The molecule has 1 saturated carbocycles. The van der Waals surface area contributed by atoms with Gasteiger partial charge in [0.25, 0.3) is 6.71 Å². The third-order valence-corrected chi connectivity index (χ3v) is 16.4. The summed E-state index contributed by atoms with van der Waals surface area (Å²) in [5, 5.41) is 2.52. The average Bonchev–Trinajstić information content (AvgIpc) is 3.51. The zero-order chi connectivity index (χ0) is 45.4. The fourth-order valence-electron chi connectivity index (χ4n) is 13.1. The summed E-state index contributed by atoms with van der Waals surface area (Å²) in [4.78, 5) is 7.99. The third-order valence-electron chi connectivity index (χ3n) is 16.4. The van der Waals surface area contributed by atoms with Gasteiger partial charge >= 0.3 is 0 Å². The maximum absolute atomic E-state index is 2.86. The lowest BCUT2D eigenvalue weighted by Crippen LogP contribution is -2.64. The first-order valence-electron chi connectivity index (χ1n) is 24.3. The number of hydrogen-bond acceptors (Lipinski definition) is 3. The van der Waals surface area contributed by atoms with Gasteiger partial charge in [-0.15, -0.1) is 0 Å². The van der Waals surface area contributed by atoms with E-state index in [4.69, 9.17) is 0 Å². The monoisotopic (exact) mass is 857 g/mol. The van der Waals surface area contributed by atoms with Gasteiger partial charge in [-0.2, -0.15) is 0 Å². The zero-order valence-corrected chi connectivity index (χ0v) is 40.2. The highest BCUT2D eigenvalue weighted by atomic mass is 15.3. The van der Waals surface area contributed by atoms with Crippen LogP contribution in [0.4, 0.5) is 45.5 Å². The van der Waals surface area contributed by atoms with Crippen molar-refractivity contribution < 1.29 is 0 Å². The molecule has 66 heavy (non-hydrogen) atoms. The first kappa shape index (κ1) is 41.0. The topological polar surface area (TPSA) is 9.72 Å². The highest BCUT2D eigenvalue weighted by Gasteiger charge is 2.61. The van der Waals surface area contributed by atoms with E-state index in [-0.39, 0.29) is 23.1 Å². The molecule has 0 radical (unpaired) electrons. The van der Waals surface area contributed by atoms with Crippen LogP contribution >= 0.6 is 0 Å². The Morgan fingerprint density at radius 1 is 0.591 bits per heavy atom. The lowest BCUT2D eigenvalue weighted by molar-refractivity contribution is 0.195. The van der Waals surface area contributed by atoms with Gasteiger partial charge in [0.1, 0.15) is 0 Å². The molecule has 3 nitrogen and oxygen atoms in total. The fourth-order valence-corrected chi connectivity index (χ4v) is 13.1. The molecule has 2 unspecified atom stereocenters. The number of fused-ring (bicyclic) bond motifs is 8. The summed E-state index contributed by atoms with van der Waals surface area (Å²) >= 11 is 0. The maximum atomic E-state index is 2.86.